The number of hydrogen-bond acceptors (Lipinski definition) is 5. The Morgan fingerprint density at radius 3 is 2.45 bits per heavy atom. The van der Waals surface area contributed by atoms with Crippen LogP contribution < -0.4 is 4.74 Å². The molecule has 1 N–H and O–H groups in total. The summed E-state index contributed by atoms with van der Waals surface area (Å²) in [6.45, 7) is 3.85. The van der Waals surface area contributed by atoms with Crippen molar-refractivity contribution >= 4 is 0 Å². The maximum atomic E-state index is 14.0. The Balaban J connectivity index is 1.37. The molecular formula is C31H34FN3O3. The first-order valence-corrected chi connectivity index (χ1v) is 13.2. The lowest BCUT2D eigenvalue weighted by Gasteiger charge is -2.25. The Labute approximate surface area is 223 Å². The molecule has 1 aromatic heterocycles. The normalized spacial score (nSPS) is 14.1. The minimum Gasteiger partial charge on any atom is -0.438 e. The average molecular weight is 516 g/mol. The zero-order valence-electron chi connectivity index (χ0n) is 21.7. The third-order valence-corrected chi connectivity index (χ3v) is 6.66. The number of aromatic nitrogens is 2. The first-order chi connectivity index (χ1) is 18.6. The van der Waals surface area contributed by atoms with Gasteiger partial charge in [-0.25, -0.2) is 9.07 Å². The van der Waals surface area contributed by atoms with Crippen LogP contribution in [0.1, 0.15) is 36.6 Å². The quantitative estimate of drug-likeness (QED) is 0.240. The van der Waals surface area contributed by atoms with Crippen LogP contribution in [0.2, 0.25) is 0 Å². The highest BCUT2D eigenvalue weighted by molar-refractivity contribution is 5.44. The van der Waals surface area contributed by atoms with E-state index in [4.69, 9.17) is 14.6 Å². The Hall–Kier alpha value is -3.52. The van der Waals surface area contributed by atoms with Crippen LogP contribution in [0.15, 0.2) is 84.9 Å². The van der Waals surface area contributed by atoms with Gasteiger partial charge in [0, 0.05) is 25.2 Å². The van der Waals surface area contributed by atoms with Gasteiger partial charge in [0.25, 0.3) is 0 Å². The van der Waals surface area contributed by atoms with Crippen LogP contribution in [0.5, 0.6) is 11.6 Å². The van der Waals surface area contributed by atoms with Crippen molar-refractivity contribution in [2.45, 2.75) is 51.5 Å². The van der Waals surface area contributed by atoms with Crippen molar-refractivity contribution in [2.24, 2.45) is 0 Å². The molecule has 1 atom stereocenters. The van der Waals surface area contributed by atoms with Crippen LogP contribution >= 0.6 is 0 Å². The zero-order chi connectivity index (χ0) is 26.3. The standard InChI is InChI=1S/C31H34FN3O3/c1-2-30-29(20-34(25-16-17-25)19-27(36)22-37-21-23-10-5-3-6-11-23)31(38-28-15-9-12-24(32)18-28)35(33-30)26-13-7-4-8-14-26/h3-15,18,25,27,36H,2,16-17,19-22H2,1H3/t27-/m1/s1. The molecule has 1 saturated carbocycles. The molecular weight excluding hydrogens is 481 g/mol. The van der Waals surface area contributed by atoms with Gasteiger partial charge < -0.3 is 14.6 Å². The van der Waals surface area contributed by atoms with E-state index in [9.17, 15) is 9.50 Å². The van der Waals surface area contributed by atoms with Gasteiger partial charge in [-0.3, -0.25) is 4.90 Å². The number of benzene rings is 3. The van der Waals surface area contributed by atoms with Crippen molar-refractivity contribution in [1.82, 2.24) is 14.7 Å². The summed E-state index contributed by atoms with van der Waals surface area (Å²) >= 11 is 0. The van der Waals surface area contributed by atoms with E-state index in [0.717, 1.165) is 41.8 Å². The molecule has 7 heteroatoms. The lowest BCUT2D eigenvalue weighted by Crippen LogP contribution is -2.36. The first-order valence-electron chi connectivity index (χ1n) is 13.2. The molecule has 0 amide bonds. The second-order valence-corrected chi connectivity index (χ2v) is 9.71. The smallest absolute Gasteiger partial charge is 0.227 e. The van der Waals surface area contributed by atoms with Crippen molar-refractivity contribution < 1.29 is 19.0 Å². The summed E-state index contributed by atoms with van der Waals surface area (Å²) in [4.78, 5) is 2.29. The summed E-state index contributed by atoms with van der Waals surface area (Å²) in [6, 6.07) is 26.3. The molecule has 5 rings (SSSR count). The second-order valence-electron chi connectivity index (χ2n) is 9.71. The van der Waals surface area contributed by atoms with Gasteiger partial charge in [0.15, 0.2) is 0 Å². The van der Waals surface area contributed by atoms with Crippen molar-refractivity contribution in [1.29, 1.82) is 0 Å². The van der Waals surface area contributed by atoms with Gasteiger partial charge in [0.05, 0.1) is 36.3 Å². The minimum atomic E-state index is -0.624. The molecule has 1 aliphatic carbocycles. The van der Waals surface area contributed by atoms with Gasteiger partial charge in [0.2, 0.25) is 5.88 Å². The van der Waals surface area contributed by atoms with Crippen LogP contribution in [0, 0.1) is 5.82 Å². The third-order valence-electron chi connectivity index (χ3n) is 6.66. The molecule has 4 aromatic rings. The number of aliphatic hydroxyl groups is 1. The van der Waals surface area contributed by atoms with E-state index in [2.05, 4.69) is 11.8 Å². The summed E-state index contributed by atoms with van der Waals surface area (Å²) in [5, 5.41) is 15.7. The maximum Gasteiger partial charge on any atom is 0.227 e. The molecule has 1 aliphatic rings. The summed E-state index contributed by atoms with van der Waals surface area (Å²) in [5.74, 6) is 0.626. The number of aliphatic hydroxyl groups excluding tert-OH is 1. The molecule has 6 nitrogen and oxygen atoms in total. The van der Waals surface area contributed by atoms with Crippen molar-refractivity contribution in [3.05, 3.63) is 108 Å². The molecule has 0 saturated heterocycles. The van der Waals surface area contributed by atoms with Crippen molar-refractivity contribution in [2.75, 3.05) is 13.2 Å². The molecule has 198 valence electrons. The predicted octanol–water partition coefficient (Wildman–Crippen LogP) is 5.91. The van der Waals surface area contributed by atoms with E-state index in [-0.39, 0.29) is 12.4 Å². The largest absolute Gasteiger partial charge is 0.438 e. The zero-order valence-corrected chi connectivity index (χ0v) is 21.7. The maximum absolute atomic E-state index is 14.0. The molecule has 0 bridgehead atoms. The number of para-hydroxylation sites is 1. The van der Waals surface area contributed by atoms with E-state index >= 15 is 0 Å². The fraction of sp³-hybridized carbons (Fsp3) is 0.323. The number of rotatable bonds is 13. The van der Waals surface area contributed by atoms with E-state index in [1.165, 1.54) is 12.1 Å². The number of ether oxygens (including phenoxy) is 2. The minimum absolute atomic E-state index is 0.259. The molecule has 0 radical (unpaired) electrons. The summed E-state index contributed by atoms with van der Waals surface area (Å²) in [6.07, 6.45) is 2.27. The molecule has 1 heterocycles. The SMILES string of the molecule is CCc1nn(-c2ccccc2)c(Oc2cccc(F)c2)c1CN(C[C@@H](O)COCc1ccccc1)C1CC1. The Kier molecular flexibility index (Phi) is 8.48. The fourth-order valence-corrected chi connectivity index (χ4v) is 4.61. The molecule has 1 fully saturated rings. The summed E-state index contributed by atoms with van der Waals surface area (Å²) < 4.78 is 27.9. The van der Waals surface area contributed by atoms with Crippen LogP contribution in [0.4, 0.5) is 4.39 Å². The Morgan fingerprint density at radius 2 is 1.76 bits per heavy atom. The number of hydrogen-bond donors (Lipinski definition) is 1. The van der Waals surface area contributed by atoms with Crippen LogP contribution in [-0.2, 0) is 24.3 Å². The van der Waals surface area contributed by atoms with Crippen LogP contribution in [0.3, 0.4) is 0 Å². The predicted molar refractivity (Wildman–Crippen MR) is 145 cm³/mol. The molecule has 0 unspecified atom stereocenters. The number of nitrogens with zero attached hydrogens (tertiary/aromatic N) is 3. The Morgan fingerprint density at radius 1 is 1.03 bits per heavy atom. The lowest BCUT2D eigenvalue weighted by atomic mass is 10.1. The van der Waals surface area contributed by atoms with E-state index < -0.39 is 6.10 Å². The second kappa shape index (κ2) is 12.3. The monoisotopic (exact) mass is 515 g/mol. The van der Waals surface area contributed by atoms with Gasteiger partial charge >= 0.3 is 0 Å². The average Bonchev–Trinajstić information content (AvgIpc) is 3.73. The topological polar surface area (TPSA) is 59.8 Å². The van der Waals surface area contributed by atoms with Gasteiger partial charge in [-0.1, -0.05) is 61.5 Å². The van der Waals surface area contributed by atoms with E-state index in [0.29, 0.717) is 37.4 Å². The molecule has 3 aromatic carbocycles. The van der Waals surface area contributed by atoms with Crippen molar-refractivity contribution in [3.63, 3.8) is 0 Å². The van der Waals surface area contributed by atoms with Gasteiger partial charge in [-0.2, -0.15) is 5.10 Å². The van der Waals surface area contributed by atoms with E-state index in [1.54, 1.807) is 16.8 Å². The summed E-state index contributed by atoms with van der Waals surface area (Å²) in [7, 11) is 0. The molecule has 0 spiro atoms. The fourth-order valence-electron chi connectivity index (χ4n) is 4.61. The van der Waals surface area contributed by atoms with Gasteiger partial charge in [-0.15, -0.1) is 0 Å². The van der Waals surface area contributed by atoms with E-state index in [1.807, 2.05) is 60.7 Å². The highest BCUT2D eigenvalue weighted by atomic mass is 19.1. The lowest BCUT2D eigenvalue weighted by molar-refractivity contribution is 0.00693. The van der Waals surface area contributed by atoms with Gasteiger partial charge in [-0.05, 0) is 49.1 Å². The molecule has 38 heavy (non-hydrogen) atoms. The Bertz CT molecular complexity index is 1310. The first kappa shape index (κ1) is 26.1. The molecule has 0 aliphatic heterocycles. The van der Waals surface area contributed by atoms with Gasteiger partial charge in [0.1, 0.15) is 11.6 Å². The number of halogens is 1. The third kappa shape index (κ3) is 6.67. The highest BCUT2D eigenvalue weighted by Crippen LogP contribution is 2.35. The van der Waals surface area contributed by atoms with Crippen LogP contribution in [0.25, 0.3) is 5.69 Å². The van der Waals surface area contributed by atoms with Crippen LogP contribution in [-0.4, -0.2) is 45.1 Å². The van der Waals surface area contributed by atoms with Crippen molar-refractivity contribution in [3.8, 4) is 17.3 Å². The summed E-state index contributed by atoms with van der Waals surface area (Å²) in [5.41, 5.74) is 3.82. The highest BCUT2D eigenvalue weighted by Gasteiger charge is 2.33. The number of aryl methyl sites for hydroxylation is 1.